The predicted octanol–water partition coefficient (Wildman–Crippen LogP) is 5.27. The average Bonchev–Trinajstić information content (AvgIpc) is 2.43. The van der Waals surface area contributed by atoms with Crippen molar-refractivity contribution >= 4 is 51.1 Å². The van der Waals surface area contributed by atoms with Crippen LogP contribution in [-0.4, -0.2) is 11.2 Å². The van der Waals surface area contributed by atoms with Crippen molar-refractivity contribution in [2.45, 2.75) is 0 Å². The Balaban J connectivity index is 2.45. The van der Waals surface area contributed by atoms with Gasteiger partial charge in [-0.1, -0.05) is 39.1 Å². The van der Waals surface area contributed by atoms with Gasteiger partial charge in [0.05, 0.1) is 20.5 Å². The maximum absolute atomic E-state index is 11.0. The number of benzene rings is 2. The second kappa shape index (κ2) is 6.43. The van der Waals surface area contributed by atoms with Gasteiger partial charge < -0.3 is 4.74 Å². The average molecular weight is 391 g/mol. The highest BCUT2D eigenvalue weighted by molar-refractivity contribution is 9.10. The molecule has 8 heteroatoms. The van der Waals surface area contributed by atoms with Crippen LogP contribution in [0.25, 0.3) is 0 Å². The Morgan fingerprint density at radius 3 is 2.33 bits per heavy atom. The monoisotopic (exact) mass is 389 g/mol. The van der Waals surface area contributed by atoms with E-state index < -0.39 is 4.92 Å². The van der Waals surface area contributed by atoms with E-state index in [1.807, 2.05) is 0 Å². The van der Waals surface area contributed by atoms with Crippen molar-refractivity contribution < 1.29 is 14.5 Å². The number of ether oxygens (including phenoxy) is 1. The largest absolute Gasteiger partial charge is 0.453 e. The third kappa shape index (κ3) is 3.53. The van der Waals surface area contributed by atoms with Crippen LogP contribution < -0.4 is 4.74 Å². The van der Waals surface area contributed by atoms with Crippen LogP contribution in [0.3, 0.4) is 0 Å². The van der Waals surface area contributed by atoms with E-state index in [1.165, 1.54) is 0 Å². The number of halogens is 3. The molecular formula is C13H6BrCl2NO4. The number of non-ortho nitro benzene ring substituents is 1. The minimum atomic E-state index is -0.613. The molecule has 0 atom stereocenters. The first-order valence-corrected chi connectivity index (χ1v) is 7.03. The molecule has 108 valence electrons. The Morgan fingerprint density at radius 2 is 1.81 bits per heavy atom. The van der Waals surface area contributed by atoms with Crippen molar-refractivity contribution in [3.05, 3.63) is 60.5 Å². The first kappa shape index (κ1) is 15.8. The fraction of sp³-hybridized carbons (Fsp3) is 0. The van der Waals surface area contributed by atoms with Crippen LogP contribution in [0.1, 0.15) is 10.4 Å². The SMILES string of the molecule is O=Cc1cc(Br)ccc1Oc1c(Cl)cc([N+](=O)[O-])cc1Cl. The summed E-state index contributed by atoms with van der Waals surface area (Å²) in [4.78, 5) is 21.1. The number of carbonyl (C=O) groups is 1. The molecule has 0 fully saturated rings. The summed E-state index contributed by atoms with van der Waals surface area (Å²) in [5, 5.41) is 10.7. The van der Waals surface area contributed by atoms with Crippen molar-refractivity contribution in [3.63, 3.8) is 0 Å². The van der Waals surface area contributed by atoms with E-state index in [1.54, 1.807) is 18.2 Å². The zero-order chi connectivity index (χ0) is 15.6. The zero-order valence-electron chi connectivity index (χ0n) is 10.2. The Labute approximate surface area is 137 Å². The lowest BCUT2D eigenvalue weighted by Crippen LogP contribution is -1.94. The summed E-state index contributed by atoms with van der Waals surface area (Å²) < 4.78 is 6.22. The highest BCUT2D eigenvalue weighted by Crippen LogP contribution is 2.40. The van der Waals surface area contributed by atoms with Crippen molar-refractivity contribution in [2.75, 3.05) is 0 Å². The van der Waals surface area contributed by atoms with Gasteiger partial charge in [0.25, 0.3) is 5.69 Å². The Bertz CT molecular complexity index is 713. The lowest BCUT2D eigenvalue weighted by molar-refractivity contribution is -0.384. The maximum atomic E-state index is 11.0. The van der Waals surface area contributed by atoms with Crippen molar-refractivity contribution in [3.8, 4) is 11.5 Å². The number of aldehydes is 1. The summed E-state index contributed by atoms with van der Waals surface area (Å²) in [6.07, 6.45) is 0.618. The number of nitro groups is 1. The summed E-state index contributed by atoms with van der Waals surface area (Å²) in [5.41, 5.74) is 0.0404. The molecule has 0 heterocycles. The number of hydrogen-bond donors (Lipinski definition) is 0. The van der Waals surface area contributed by atoms with E-state index >= 15 is 0 Å². The Hall–Kier alpha value is -1.63. The number of nitro benzene ring substituents is 1. The van der Waals surface area contributed by atoms with Gasteiger partial charge in [-0.3, -0.25) is 14.9 Å². The van der Waals surface area contributed by atoms with Crippen LogP contribution in [-0.2, 0) is 0 Å². The molecule has 0 aliphatic heterocycles. The van der Waals surface area contributed by atoms with Crippen LogP contribution in [0.2, 0.25) is 10.0 Å². The molecular weight excluding hydrogens is 385 g/mol. The molecule has 0 saturated carbocycles. The lowest BCUT2D eigenvalue weighted by Gasteiger charge is -2.11. The molecule has 0 aliphatic carbocycles. The predicted molar refractivity (Wildman–Crippen MR) is 82.7 cm³/mol. The highest BCUT2D eigenvalue weighted by atomic mass is 79.9. The molecule has 0 amide bonds. The van der Waals surface area contributed by atoms with Gasteiger partial charge in [0, 0.05) is 16.6 Å². The maximum Gasteiger partial charge on any atom is 0.272 e. The molecule has 0 aromatic heterocycles. The van der Waals surface area contributed by atoms with Gasteiger partial charge in [-0.15, -0.1) is 0 Å². The first-order valence-electron chi connectivity index (χ1n) is 5.48. The highest BCUT2D eigenvalue weighted by Gasteiger charge is 2.17. The second-order valence-corrected chi connectivity index (χ2v) is 5.63. The number of hydrogen-bond acceptors (Lipinski definition) is 4. The smallest absolute Gasteiger partial charge is 0.272 e. The number of nitrogens with zero attached hydrogens (tertiary/aromatic N) is 1. The molecule has 0 aliphatic rings. The third-order valence-electron chi connectivity index (χ3n) is 2.50. The molecule has 0 N–H and O–H groups in total. The molecule has 0 radical (unpaired) electrons. The number of carbonyl (C=O) groups excluding carboxylic acids is 1. The van der Waals surface area contributed by atoms with E-state index in [0.717, 1.165) is 12.1 Å². The number of rotatable bonds is 4. The van der Waals surface area contributed by atoms with E-state index in [0.29, 0.717) is 10.8 Å². The Morgan fingerprint density at radius 1 is 1.19 bits per heavy atom. The van der Waals surface area contributed by atoms with Gasteiger partial charge in [-0.05, 0) is 18.2 Å². The summed E-state index contributed by atoms with van der Waals surface area (Å²) in [6, 6.07) is 7.05. The minimum absolute atomic E-state index is 0.0195. The molecule has 0 saturated heterocycles. The van der Waals surface area contributed by atoms with Gasteiger partial charge in [-0.2, -0.15) is 0 Å². The van der Waals surface area contributed by atoms with E-state index in [2.05, 4.69) is 15.9 Å². The quantitative estimate of drug-likeness (QED) is 0.405. The van der Waals surface area contributed by atoms with Crippen molar-refractivity contribution in [1.29, 1.82) is 0 Å². The molecule has 2 rings (SSSR count). The first-order chi connectivity index (χ1) is 9.92. The van der Waals surface area contributed by atoms with Crippen LogP contribution in [0.5, 0.6) is 11.5 Å². The van der Waals surface area contributed by atoms with Gasteiger partial charge in [-0.25, -0.2) is 0 Å². The van der Waals surface area contributed by atoms with Crippen LogP contribution in [0, 0.1) is 10.1 Å². The molecule has 0 spiro atoms. The molecule has 21 heavy (non-hydrogen) atoms. The van der Waals surface area contributed by atoms with Gasteiger partial charge >= 0.3 is 0 Å². The molecule has 2 aromatic rings. The second-order valence-electron chi connectivity index (χ2n) is 3.90. The normalized spacial score (nSPS) is 10.2. The van der Waals surface area contributed by atoms with Gasteiger partial charge in [0.1, 0.15) is 5.75 Å². The van der Waals surface area contributed by atoms with Crippen molar-refractivity contribution in [1.82, 2.24) is 0 Å². The van der Waals surface area contributed by atoms with Gasteiger partial charge in [0.2, 0.25) is 0 Å². The summed E-state index contributed by atoms with van der Waals surface area (Å²) >= 11 is 15.1. The summed E-state index contributed by atoms with van der Waals surface area (Å²) in [7, 11) is 0. The fourth-order valence-electron chi connectivity index (χ4n) is 1.56. The Kier molecular flexibility index (Phi) is 4.82. The topological polar surface area (TPSA) is 69.4 Å². The summed E-state index contributed by atoms with van der Waals surface area (Å²) in [6.45, 7) is 0. The van der Waals surface area contributed by atoms with E-state index in [9.17, 15) is 14.9 Å². The van der Waals surface area contributed by atoms with Gasteiger partial charge in [0.15, 0.2) is 12.0 Å². The summed E-state index contributed by atoms with van der Waals surface area (Å²) in [5.74, 6) is 0.292. The minimum Gasteiger partial charge on any atom is -0.453 e. The zero-order valence-corrected chi connectivity index (χ0v) is 13.3. The molecule has 5 nitrogen and oxygen atoms in total. The molecule has 0 bridgehead atoms. The molecule has 2 aromatic carbocycles. The third-order valence-corrected chi connectivity index (χ3v) is 3.56. The van der Waals surface area contributed by atoms with Crippen LogP contribution in [0.4, 0.5) is 5.69 Å². The van der Waals surface area contributed by atoms with Crippen LogP contribution in [0.15, 0.2) is 34.8 Å². The lowest BCUT2D eigenvalue weighted by atomic mass is 10.2. The molecule has 0 unspecified atom stereocenters. The van der Waals surface area contributed by atoms with E-state index in [-0.39, 0.29) is 32.8 Å². The standard InChI is InChI=1S/C13H6BrCl2NO4/c14-8-1-2-12(7(3-8)6-18)21-13-10(15)4-9(17(19)20)5-11(13)16/h1-6H. The van der Waals surface area contributed by atoms with E-state index in [4.69, 9.17) is 27.9 Å². The van der Waals surface area contributed by atoms with Crippen LogP contribution >= 0.6 is 39.1 Å². The fourth-order valence-corrected chi connectivity index (χ4v) is 2.50. The van der Waals surface area contributed by atoms with Crippen molar-refractivity contribution in [2.24, 2.45) is 0 Å².